The maximum absolute atomic E-state index is 5.63. The number of rotatable bonds is 9. The van der Waals surface area contributed by atoms with Crippen molar-refractivity contribution in [2.75, 3.05) is 39.4 Å². The van der Waals surface area contributed by atoms with Gasteiger partial charge >= 0.3 is 0 Å². The molecule has 1 saturated heterocycles. The van der Waals surface area contributed by atoms with E-state index in [0.717, 1.165) is 25.7 Å². The lowest BCUT2D eigenvalue weighted by Crippen LogP contribution is -2.39. The van der Waals surface area contributed by atoms with Crippen LogP contribution in [0.1, 0.15) is 46.5 Å². The van der Waals surface area contributed by atoms with E-state index < -0.39 is 0 Å². The van der Waals surface area contributed by atoms with Crippen molar-refractivity contribution in [2.45, 2.75) is 52.5 Å². The van der Waals surface area contributed by atoms with E-state index in [0.29, 0.717) is 6.04 Å². The number of hydrogen-bond acceptors (Lipinski definition) is 3. The highest BCUT2D eigenvalue weighted by Gasteiger charge is 2.18. The largest absolute Gasteiger partial charge is 0.380 e. The zero-order valence-corrected chi connectivity index (χ0v) is 12.6. The molecule has 1 aliphatic heterocycles. The predicted octanol–water partition coefficient (Wildman–Crippen LogP) is 2.51. The first-order valence-electron chi connectivity index (χ1n) is 7.75. The van der Waals surface area contributed by atoms with Gasteiger partial charge in [-0.3, -0.25) is 0 Å². The Balaban J connectivity index is 1.98. The molecule has 1 rings (SSSR count). The van der Waals surface area contributed by atoms with Gasteiger partial charge < -0.3 is 15.0 Å². The van der Waals surface area contributed by atoms with Gasteiger partial charge in [0.2, 0.25) is 0 Å². The van der Waals surface area contributed by atoms with E-state index in [9.17, 15) is 0 Å². The highest BCUT2D eigenvalue weighted by atomic mass is 16.5. The molecule has 18 heavy (non-hydrogen) atoms. The van der Waals surface area contributed by atoms with Crippen LogP contribution in [0.2, 0.25) is 0 Å². The van der Waals surface area contributed by atoms with Crippen molar-refractivity contribution in [3.8, 4) is 0 Å². The molecule has 1 heterocycles. The molecular formula is C15H32N2O. The summed E-state index contributed by atoms with van der Waals surface area (Å²) in [7, 11) is 0. The molecule has 1 fully saturated rings. The first-order chi connectivity index (χ1) is 8.72. The zero-order chi connectivity index (χ0) is 13.2. The van der Waals surface area contributed by atoms with Crippen molar-refractivity contribution in [3.05, 3.63) is 0 Å². The topological polar surface area (TPSA) is 24.5 Å². The zero-order valence-electron chi connectivity index (χ0n) is 12.6. The van der Waals surface area contributed by atoms with E-state index in [4.69, 9.17) is 4.74 Å². The lowest BCUT2D eigenvalue weighted by atomic mass is 9.96. The van der Waals surface area contributed by atoms with E-state index in [1.165, 1.54) is 45.3 Å². The fourth-order valence-corrected chi connectivity index (χ4v) is 2.36. The molecule has 3 nitrogen and oxygen atoms in total. The van der Waals surface area contributed by atoms with Gasteiger partial charge in [-0.05, 0) is 44.8 Å². The first-order valence-corrected chi connectivity index (χ1v) is 7.75. The van der Waals surface area contributed by atoms with E-state index in [1.54, 1.807) is 0 Å². The van der Waals surface area contributed by atoms with E-state index in [-0.39, 0.29) is 0 Å². The summed E-state index contributed by atoms with van der Waals surface area (Å²) in [6.07, 6.45) is 5.11. The minimum absolute atomic E-state index is 0.620. The average molecular weight is 256 g/mol. The molecule has 0 aromatic carbocycles. The Morgan fingerprint density at radius 3 is 2.56 bits per heavy atom. The van der Waals surface area contributed by atoms with Crippen LogP contribution in [0, 0.1) is 5.92 Å². The van der Waals surface area contributed by atoms with E-state index in [1.807, 2.05) is 0 Å². The quantitative estimate of drug-likeness (QED) is 0.642. The second kappa shape index (κ2) is 9.76. The highest BCUT2D eigenvalue weighted by molar-refractivity contribution is 4.74. The van der Waals surface area contributed by atoms with Crippen LogP contribution >= 0.6 is 0 Å². The summed E-state index contributed by atoms with van der Waals surface area (Å²) in [5, 5.41) is 3.55. The van der Waals surface area contributed by atoms with Crippen molar-refractivity contribution in [3.63, 3.8) is 0 Å². The maximum Gasteiger partial charge on any atom is 0.0593 e. The van der Waals surface area contributed by atoms with Crippen molar-refractivity contribution in [1.82, 2.24) is 10.2 Å². The lowest BCUT2D eigenvalue weighted by molar-refractivity contribution is 0.0865. The van der Waals surface area contributed by atoms with Crippen molar-refractivity contribution in [1.29, 1.82) is 0 Å². The summed E-state index contributed by atoms with van der Waals surface area (Å²) in [4.78, 5) is 2.55. The highest BCUT2D eigenvalue weighted by Crippen LogP contribution is 2.16. The third kappa shape index (κ3) is 7.34. The summed E-state index contributed by atoms with van der Waals surface area (Å²) >= 11 is 0. The third-order valence-corrected chi connectivity index (χ3v) is 3.72. The molecule has 0 saturated carbocycles. The van der Waals surface area contributed by atoms with Gasteiger partial charge in [0.25, 0.3) is 0 Å². The number of piperidine rings is 1. The van der Waals surface area contributed by atoms with E-state index >= 15 is 0 Å². The Morgan fingerprint density at radius 2 is 1.94 bits per heavy atom. The number of likely N-dealkylation sites (tertiary alicyclic amines) is 1. The average Bonchev–Trinajstić information content (AvgIpc) is 2.37. The summed E-state index contributed by atoms with van der Waals surface area (Å²) in [5.41, 5.74) is 0. The molecule has 0 aromatic rings. The number of ether oxygens (including phenoxy) is 1. The smallest absolute Gasteiger partial charge is 0.0593 e. The Labute approximate surface area is 113 Å². The molecule has 0 aliphatic carbocycles. The Hall–Kier alpha value is -0.120. The van der Waals surface area contributed by atoms with Gasteiger partial charge in [-0.15, -0.1) is 0 Å². The number of unbranched alkanes of at least 4 members (excludes halogenated alkanes) is 1. The molecule has 1 N–H and O–H groups in total. The van der Waals surface area contributed by atoms with Crippen LogP contribution in [-0.4, -0.2) is 50.3 Å². The van der Waals surface area contributed by atoms with Gasteiger partial charge in [0.15, 0.2) is 0 Å². The third-order valence-electron chi connectivity index (χ3n) is 3.72. The molecule has 0 spiro atoms. The van der Waals surface area contributed by atoms with Crippen LogP contribution in [0.5, 0.6) is 0 Å². The minimum Gasteiger partial charge on any atom is -0.380 e. The van der Waals surface area contributed by atoms with Crippen LogP contribution in [0.4, 0.5) is 0 Å². The molecule has 0 radical (unpaired) electrons. The van der Waals surface area contributed by atoms with Gasteiger partial charge in [0, 0.05) is 19.2 Å². The van der Waals surface area contributed by atoms with Crippen molar-refractivity contribution in [2.24, 2.45) is 5.92 Å². The number of nitrogens with zero attached hydrogens (tertiary/aromatic N) is 1. The molecule has 108 valence electrons. The molecule has 0 unspecified atom stereocenters. The second-order valence-electron chi connectivity index (χ2n) is 5.81. The Kier molecular flexibility index (Phi) is 8.64. The maximum atomic E-state index is 5.63. The summed E-state index contributed by atoms with van der Waals surface area (Å²) in [5.74, 6) is 0.879. The van der Waals surface area contributed by atoms with Crippen LogP contribution in [0.3, 0.4) is 0 Å². The van der Waals surface area contributed by atoms with Crippen molar-refractivity contribution < 1.29 is 4.74 Å². The SMILES string of the molecule is CCCCOCCN1CCC(CNC(C)C)CC1. The van der Waals surface area contributed by atoms with Crippen LogP contribution in [-0.2, 0) is 4.74 Å². The first kappa shape index (κ1) is 15.9. The molecule has 1 aliphatic rings. The van der Waals surface area contributed by atoms with Crippen LogP contribution in [0.25, 0.3) is 0 Å². The van der Waals surface area contributed by atoms with Gasteiger partial charge in [-0.2, -0.15) is 0 Å². The minimum atomic E-state index is 0.620. The molecule has 0 amide bonds. The number of hydrogen-bond donors (Lipinski definition) is 1. The molecule has 0 atom stereocenters. The molecule has 0 bridgehead atoms. The predicted molar refractivity (Wildman–Crippen MR) is 78.0 cm³/mol. The van der Waals surface area contributed by atoms with Gasteiger partial charge in [0.1, 0.15) is 0 Å². The number of nitrogens with one attached hydrogen (secondary N) is 1. The molecule has 3 heteroatoms. The lowest BCUT2D eigenvalue weighted by Gasteiger charge is -2.32. The molecular weight excluding hydrogens is 224 g/mol. The fourth-order valence-electron chi connectivity index (χ4n) is 2.36. The summed E-state index contributed by atoms with van der Waals surface area (Å²) in [6.45, 7) is 13.3. The second-order valence-corrected chi connectivity index (χ2v) is 5.81. The normalized spacial score (nSPS) is 18.7. The van der Waals surface area contributed by atoms with Gasteiger partial charge in [0.05, 0.1) is 6.61 Å². The van der Waals surface area contributed by atoms with Gasteiger partial charge in [-0.1, -0.05) is 27.2 Å². The monoisotopic (exact) mass is 256 g/mol. The Morgan fingerprint density at radius 1 is 1.22 bits per heavy atom. The van der Waals surface area contributed by atoms with Crippen LogP contribution in [0.15, 0.2) is 0 Å². The Bertz CT molecular complexity index is 189. The van der Waals surface area contributed by atoms with E-state index in [2.05, 4.69) is 31.0 Å². The molecule has 0 aromatic heterocycles. The van der Waals surface area contributed by atoms with Gasteiger partial charge in [-0.25, -0.2) is 0 Å². The summed E-state index contributed by atoms with van der Waals surface area (Å²) in [6, 6.07) is 0.620. The fraction of sp³-hybridized carbons (Fsp3) is 1.00. The summed E-state index contributed by atoms with van der Waals surface area (Å²) < 4.78 is 5.63. The van der Waals surface area contributed by atoms with Crippen LogP contribution < -0.4 is 5.32 Å². The van der Waals surface area contributed by atoms with Crippen molar-refractivity contribution >= 4 is 0 Å². The standard InChI is InChI=1S/C15H32N2O/c1-4-5-11-18-12-10-17-8-6-15(7-9-17)13-16-14(2)3/h14-16H,4-13H2,1-3H3.